The third-order valence-corrected chi connectivity index (χ3v) is 4.03. The van der Waals surface area contributed by atoms with Crippen molar-refractivity contribution in [3.05, 3.63) is 66.0 Å². The van der Waals surface area contributed by atoms with Gasteiger partial charge in [0.15, 0.2) is 0 Å². The molecule has 25 heavy (non-hydrogen) atoms. The number of rotatable bonds is 6. The van der Waals surface area contributed by atoms with Crippen molar-refractivity contribution in [2.24, 2.45) is 0 Å². The zero-order valence-electron chi connectivity index (χ0n) is 13.9. The highest BCUT2D eigenvalue weighted by Crippen LogP contribution is 2.23. The Bertz CT molecular complexity index is 644. The third-order valence-electron chi connectivity index (χ3n) is 4.03. The van der Waals surface area contributed by atoms with Gasteiger partial charge in [-0.1, -0.05) is 30.3 Å². The molecule has 1 saturated heterocycles. The summed E-state index contributed by atoms with van der Waals surface area (Å²) in [4.78, 5) is 2.12. The van der Waals surface area contributed by atoms with Gasteiger partial charge in [0.2, 0.25) is 0 Å². The molecule has 136 valence electrons. The van der Waals surface area contributed by atoms with Crippen LogP contribution in [0.3, 0.4) is 0 Å². The normalized spacial score (nSPS) is 19.0. The van der Waals surface area contributed by atoms with E-state index in [1.54, 1.807) is 6.07 Å². The lowest BCUT2D eigenvalue weighted by atomic mass is 10.1. The predicted molar refractivity (Wildman–Crippen MR) is 96.7 cm³/mol. The van der Waals surface area contributed by atoms with Gasteiger partial charge in [0.1, 0.15) is 24.3 Å². The van der Waals surface area contributed by atoms with Gasteiger partial charge in [-0.3, -0.25) is 4.90 Å². The first-order valence-corrected chi connectivity index (χ1v) is 8.16. The summed E-state index contributed by atoms with van der Waals surface area (Å²) >= 11 is 0. The lowest BCUT2D eigenvalue weighted by Crippen LogP contribution is -2.43. The van der Waals surface area contributed by atoms with Crippen molar-refractivity contribution in [2.45, 2.75) is 12.2 Å². The molecule has 2 aromatic carbocycles. The molecule has 3 rings (SSSR count). The Hall–Kier alpha value is -1.66. The molecule has 0 saturated carbocycles. The van der Waals surface area contributed by atoms with Crippen LogP contribution in [0.15, 0.2) is 54.6 Å². The maximum absolute atomic E-state index is 13.4. The van der Waals surface area contributed by atoms with Crippen molar-refractivity contribution in [3.8, 4) is 5.75 Å². The second-order valence-electron chi connectivity index (χ2n) is 5.95. The molecule has 1 aliphatic rings. The molecule has 1 aliphatic heterocycles. The first kappa shape index (κ1) is 19.7. The predicted octanol–water partition coefficient (Wildman–Crippen LogP) is 3.06. The summed E-state index contributed by atoms with van der Waals surface area (Å²) in [7, 11) is 0. The zero-order valence-corrected chi connectivity index (χ0v) is 14.7. The summed E-state index contributed by atoms with van der Waals surface area (Å²) in [6.45, 7) is 2.68. The van der Waals surface area contributed by atoms with E-state index in [0.717, 1.165) is 17.9 Å². The summed E-state index contributed by atoms with van der Waals surface area (Å²) in [5.41, 5.74) is 0.828. The molecule has 1 heterocycles. The zero-order chi connectivity index (χ0) is 16.8. The fraction of sp³-hybridized carbons (Fsp3) is 0.368. The maximum atomic E-state index is 13.4. The monoisotopic (exact) mass is 367 g/mol. The van der Waals surface area contributed by atoms with Crippen molar-refractivity contribution < 1.29 is 19.0 Å². The van der Waals surface area contributed by atoms with Crippen molar-refractivity contribution in [2.75, 3.05) is 32.8 Å². The van der Waals surface area contributed by atoms with Crippen LogP contribution in [0.1, 0.15) is 11.7 Å². The average molecular weight is 368 g/mol. The molecule has 2 atom stereocenters. The van der Waals surface area contributed by atoms with E-state index in [1.165, 1.54) is 12.1 Å². The van der Waals surface area contributed by atoms with Gasteiger partial charge >= 0.3 is 0 Å². The Morgan fingerprint density at radius 3 is 2.76 bits per heavy atom. The number of hydrogen-bond acceptors (Lipinski definition) is 4. The lowest BCUT2D eigenvalue weighted by molar-refractivity contribution is -0.0460. The van der Waals surface area contributed by atoms with Crippen LogP contribution in [0, 0.1) is 5.82 Å². The van der Waals surface area contributed by atoms with Crippen LogP contribution in [0.25, 0.3) is 0 Å². The molecule has 0 bridgehead atoms. The summed E-state index contributed by atoms with van der Waals surface area (Å²) in [6, 6.07) is 15.9. The summed E-state index contributed by atoms with van der Waals surface area (Å²) in [5.74, 6) is 0.487. The SMILES string of the molecule is Cl.OC(COc1ccccc1)CN1CCOC(c2cccc(F)c2)C1. The number of ether oxygens (including phenoxy) is 2. The Balaban J connectivity index is 0.00000225. The number of aliphatic hydroxyl groups is 1. The Morgan fingerprint density at radius 1 is 1.20 bits per heavy atom. The van der Waals surface area contributed by atoms with Crippen molar-refractivity contribution in [3.63, 3.8) is 0 Å². The number of benzene rings is 2. The van der Waals surface area contributed by atoms with Gasteiger partial charge in [0.25, 0.3) is 0 Å². The highest BCUT2D eigenvalue weighted by molar-refractivity contribution is 5.85. The highest BCUT2D eigenvalue weighted by atomic mass is 35.5. The molecule has 2 unspecified atom stereocenters. The van der Waals surface area contributed by atoms with Gasteiger partial charge in [-0.15, -0.1) is 12.4 Å². The molecule has 0 aromatic heterocycles. The second-order valence-corrected chi connectivity index (χ2v) is 5.95. The van der Waals surface area contributed by atoms with E-state index in [2.05, 4.69) is 4.90 Å². The smallest absolute Gasteiger partial charge is 0.123 e. The van der Waals surface area contributed by atoms with E-state index in [4.69, 9.17) is 9.47 Å². The van der Waals surface area contributed by atoms with E-state index in [-0.39, 0.29) is 30.9 Å². The van der Waals surface area contributed by atoms with Gasteiger partial charge in [-0.05, 0) is 29.8 Å². The molecule has 4 nitrogen and oxygen atoms in total. The van der Waals surface area contributed by atoms with Crippen LogP contribution >= 0.6 is 12.4 Å². The van der Waals surface area contributed by atoms with E-state index in [9.17, 15) is 9.50 Å². The summed E-state index contributed by atoms with van der Waals surface area (Å²) in [5, 5.41) is 10.2. The standard InChI is InChI=1S/C19H22FNO3.ClH/c20-16-6-4-5-15(11-16)19-13-21(9-10-23-19)12-17(22)14-24-18-7-2-1-3-8-18;/h1-8,11,17,19,22H,9-10,12-14H2;1H. The molecule has 0 spiro atoms. The number of para-hydroxylation sites is 1. The van der Waals surface area contributed by atoms with E-state index < -0.39 is 6.10 Å². The van der Waals surface area contributed by atoms with Crippen LogP contribution in [0.4, 0.5) is 4.39 Å². The lowest BCUT2D eigenvalue weighted by Gasteiger charge is -2.34. The van der Waals surface area contributed by atoms with Gasteiger partial charge < -0.3 is 14.6 Å². The number of morpholine rings is 1. The Morgan fingerprint density at radius 2 is 2.00 bits per heavy atom. The van der Waals surface area contributed by atoms with E-state index >= 15 is 0 Å². The number of hydrogen-bond donors (Lipinski definition) is 1. The summed E-state index contributed by atoms with van der Waals surface area (Å²) in [6.07, 6.45) is -0.756. The molecule has 0 radical (unpaired) electrons. The molecule has 0 aliphatic carbocycles. The number of nitrogens with zero attached hydrogens (tertiary/aromatic N) is 1. The first-order valence-electron chi connectivity index (χ1n) is 8.16. The van der Waals surface area contributed by atoms with Crippen molar-refractivity contribution >= 4 is 12.4 Å². The molecular weight excluding hydrogens is 345 g/mol. The van der Waals surface area contributed by atoms with Crippen molar-refractivity contribution in [1.82, 2.24) is 4.90 Å². The number of halogens is 2. The second kappa shape index (κ2) is 9.73. The molecule has 1 fully saturated rings. The van der Waals surface area contributed by atoms with Gasteiger partial charge in [0, 0.05) is 19.6 Å². The fourth-order valence-electron chi connectivity index (χ4n) is 2.84. The number of aliphatic hydroxyl groups excluding tert-OH is 1. The minimum atomic E-state index is -0.587. The average Bonchev–Trinajstić information content (AvgIpc) is 2.61. The van der Waals surface area contributed by atoms with Crippen LogP contribution in [-0.2, 0) is 4.74 Å². The first-order chi connectivity index (χ1) is 11.7. The molecule has 6 heteroatoms. The molecule has 2 aromatic rings. The van der Waals surface area contributed by atoms with E-state index in [0.29, 0.717) is 19.7 Å². The molecule has 1 N–H and O–H groups in total. The highest BCUT2D eigenvalue weighted by Gasteiger charge is 2.24. The Labute approximate surface area is 153 Å². The molecular formula is C19H23ClFNO3. The maximum Gasteiger partial charge on any atom is 0.123 e. The number of β-amino-alcohol motifs (C(OH)–C–C–N with tert-alkyl or cyclic N) is 1. The quantitative estimate of drug-likeness (QED) is 0.852. The van der Waals surface area contributed by atoms with Crippen molar-refractivity contribution in [1.29, 1.82) is 0 Å². The minimum absolute atomic E-state index is 0. The van der Waals surface area contributed by atoms with Gasteiger partial charge in [-0.2, -0.15) is 0 Å². The van der Waals surface area contributed by atoms with Crippen LogP contribution < -0.4 is 4.74 Å². The minimum Gasteiger partial charge on any atom is -0.491 e. The molecule has 0 amide bonds. The topological polar surface area (TPSA) is 41.9 Å². The van der Waals surface area contributed by atoms with Crippen LogP contribution in [-0.4, -0.2) is 49.0 Å². The van der Waals surface area contributed by atoms with Gasteiger partial charge in [0.05, 0.1) is 12.7 Å². The Kier molecular flexibility index (Phi) is 7.65. The largest absolute Gasteiger partial charge is 0.491 e. The summed E-state index contributed by atoms with van der Waals surface area (Å²) < 4.78 is 24.7. The van der Waals surface area contributed by atoms with Crippen LogP contribution in [0.2, 0.25) is 0 Å². The van der Waals surface area contributed by atoms with Gasteiger partial charge in [-0.25, -0.2) is 4.39 Å². The third kappa shape index (κ3) is 5.97. The van der Waals surface area contributed by atoms with Crippen LogP contribution in [0.5, 0.6) is 5.75 Å². The van der Waals surface area contributed by atoms with E-state index in [1.807, 2.05) is 36.4 Å². The fourth-order valence-corrected chi connectivity index (χ4v) is 2.84.